The van der Waals surface area contributed by atoms with E-state index in [0.717, 1.165) is 48.7 Å². The summed E-state index contributed by atoms with van der Waals surface area (Å²) < 4.78 is 0. The van der Waals surface area contributed by atoms with E-state index >= 15 is 0 Å². The summed E-state index contributed by atoms with van der Waals surface area (Å²) in [6.07, 6.45) is 5.72. The van der Waals surface area contributed by atoms with Crippen LogP contribution in [0.4, 0.5) is 5.69 Å². The van der Waals surface area contributed by atoms with Crippen molar-refractivity contribution in [3.63, 3.8) is 0 Å². The second kappa shape index (κ2) is 8.30. The molecule has 2 N–H and O–H groups in total. The van der Waals surface area contributed by atoms with Gasteiger partial charge >= 0.3 is 0 Å². The van der Waals surface area contributed by atoms with Gasteiger partial charge in [-0.15, -0.1) is 0 Å². The number of para-hydroxylation sites is 1. The van der Waals surface area contributed by atoms with Crippen LogP contribution in [0, 0.1) is 11.8 Å². The largest absolute Gasteiger partial charge is 0.353 e. The molecule has 1 unspecified atom stereocenters. The molecule has 1 aliphatic rings. The molecule has 0 bridgehead atoms. The molecule has 1 fully saturated rings. The maximum Gasteiger partial charge on any atom is 0.227 e. The lowest BCUT2D eigenvalue weighted by Gasteiger charge is -2.28. The zero-order valence-electron chi connectivity index (χ0n) is 15.5. The number of amides is 2. The Morgan fingerprint density at radius 1 is 1.08 bits per heavy atom. The molecule has 1 atom stereocenters. The van der Waals surface area contributed by atoms with Crippen LogP contribution in [0.2, 0.25) is 0 Å². The number of pyridine rings is 1. The van der Waals surface area contributed by atoms with E-state index in [1.807, 2.05) is 37.3 Å². The van der Waals surface area contributed by atoms with Crippen LogP contribution in [0.25, 0.3) is 10.9 Å². The monoisotopic (exact) mass is 353 g/mol. The van der Waals surface area contributed by atoms with Crippen LogP contribution in [0.15, 0.2) is 36.5 Å². The minimum atomic E-state index is -0.0402. The molecular formula is C21H27N3O2. The number of benzene rings is 1. The van der Waals surface area contributed by atoms with Gasteiger partial charge in [-0.05, 0) is 51.2 Å². The number of rotatable bonds is 5. The number of hydrogen-bond acceptors (Lipinski definition) is 3. The van der Waals surface area contributed by atoms with Gasteiger partial charge < -0.3 is 10.6 Å². The maximum atomic E-state index is 12.7. The molecule has 26 heavy (non-hydrogen) atoms. The molecule has 1 aliphatic carbocycles. The van der Waals surface area contributed by atoms with Gasteiger partial charge in [-0.1, -0.05) is 25.1 Å². The number of nitrogens with zero attached hydrogens (tertiary/aromatic N) is 1. The van der Waals surface area contributed by atoms with Crippen molar-refractivity contribution in [2.24, 2.45) is 11.8 Å². The zero-order valence-corrected chi connectivity index (χ0v) is 15.5. The van der Waals surface area contributed by atoms with Crippen molar-refractivity contribution in [3.8, 4) is 0 Å². The van der Waals surface area contributed by atoms with Crippen LogP contribution in [-0.2, 0) is 9.59 Å². The van der Waals surface area contributed by atoms with Gasteiger partial charge in [0.1, 0.15) is 0 Å². The third kappa shape index (κ3) is 4.21. The molecular weight excluding hydrogens is 326 g/mol. The predicted molar refractivity (Wildman–Crippen MR) is 104 cm³/mol. The fourth-order valence-electron chi connectivity index (χ4n) is 3.52. The normalized spacial score (nSPS) is 21.2. The van der Waals surface area contributed by atoms with E-state index in [-0.39, 0.29) is 29.7 Å². The first kappa shape index (κ1) is 18.4. The molecule has 1 saturated carbocycles. The SMILES string of the molecule is CCC(C)NC(=O)C1CCC(C(=O)Nc2cccc3cccnc23)CC1. The van der Waals surface area contributed by atoms with E-state index in [0.29, 0.717) is 0 Å². The number of nitrogens with one attached hydrogen (secondary N) is 2. The maximum absolute atomic E-state index is 12.7. The summed E-state index contributed by atoms with van der Waals surface area (Å²) in [5.74, 6) is 0.161. The Morgan fingerprint density at radius 3 is 2.42 bits per heavy atom. The first-order valence-electron chi connectivity index (χ1n) is 9.53. The summed E-state index contributed by atoms with van der Waals surface area (Å²) in [5.41, 5.74) is 1.56. The van der Waals surface area contributed by atoms with Crippen molar-refractivity contribution in [3.05, 3.63) is 36.5 Å². The smallest absolute Gasteiger partial charge is 0.227 e. The number of carbonyl (C=O) groups is 2. The first-order valence-corrected chi connectivity index (χ1v) is 9.53. The highest BCUT2D eigenvalue weighted by Gasteiger charge is 2.30. The Hall–Kier alpha value is -2.43. The number of anilines is 1. The van der Waals surface area contributed by atoms with Crippen LogP contribution >= 0.6 is 0 Å². The Labute approximate surface area is 154 Å². The van der Waals surface area contributed by atoms with Crippen LogP contribution in [0.1, 0.15) is 46.0 Å². The number of aromatic nitrogens is 1. The van der Waals surface area contributed by atoms with Gasteiger partial charge in [-0.3, -0.25) is 14.6 Å². The van der Waals surface area contributed by atoms with Gasteiger partial charge in [0, 0.05) is 29.5 Å². The second-order valence-electron chi connectivity index (χ2n) is 7.24. The second-order valence-corrected chi connectivity index (χ2v) is 7.24. The minimum Gasteiger partial charge on any atom is -0.353 e. The molecule has 1 aromatic carbocycles. The van der Waals surface area contributed by atoms with Gasteiger partial charge in [-0.2, -0.15) is 0 Å². The van der Waals surface area contributed by atoms with Crippen LogP contribution in [0.3, 0.4) is 0 Å². The fraction of sp³-hybridized carbons (Fsp3) is 0.476. The van der Waals surface area contributed by atoms with E-state index in [1.165, 1.54) is 0 Å². The first-order chi connectivity index (χ1) is 12.6. The van der Waals surface area contributed by atoms with E-state index in [1.54, 1.807) is 6.20 Å². The van der Waals surface area contributed by atoms with E-state index in [4.69, 9.17) is 0 Å². The number of fused-ring (bicyclic) bond motifs is 1. The van der Waals surface area contributed by atoms with E-state index < -0.39 is 0 Å². The Morgan fingerprint density at radius 2 is 1.73 bits per heavy atom. The van der Waals surface area contributed by atoms with Crippen molar-refractivity contribution < 1.29 is 9.59 Å². The number of hydrogen-bond donors (Lipinski definition) is 2. The highest BCUT2D eigenvalue weighted by molar-refractivity contribution is 6.01. The molecule has 138 valence electrons. The molecule has 0 aliphatic heterocycles. The molecule has 5 nitrogen and oxygen atoms in total. The molecule has 5 heteroatoms. The average Bonchev–Trinajstić information content (AvgIpc) is 2.68. The summed E-state index contributed by atoms with van der Waals surface area (Å²) in [7, 11) is 0. The van der Waals surface area contributed by atoms with Gasteiger partial charge in [0.2, 0.25) is 11.8 Å². The van der Waals surface area contributed by atoms with E-state index in [2.05, 4.69) is 22.5 Å². The summed E-state index contributed by atoms with van der Waals surface area (Å²) >= 11 is 0. The van der Waals surface area contributed by atoms with Crippen LogP contribution in [0.5, 0.6) is 0 Å². The molecule has 1 aromatic heterocycles. The molecule has 3 rings (SSSR count). The molecule has 1 heterocycles. The molecule has 2 aromatic rings. The molecule has 0 saturated heterocycles. The molecule has 2 amide bonds. The van der Waals surface area contributed by atoms with Gasteiger partial charge in [0.05, 0.1) is 11.2 Å². The third-order valence-corrected chi connectivity index (χ3v) is 5.36. The van der Waals surface area contributed by atoms with Crippen molar-refractivity contribution in [1.29, 1.82) is 0 Å². The highest BCUT2D eigenvalue weighted by Crippen LogP contribution is 2.30. The van der Waals surface area contributed by atoms with Crippen molar-refractivity contribution >= 4 is 28.4 Å². The zero-order chi connectivity index (χ0) is 18.5. The fourth-order valence-corrected chi connectivity index (χ4v) is 3.52. The predicted octanol–water partition coefficient (Wildman–Crippen LogP) is 3.89. The molecule has 0 radical (unpaired) electrons. The average molecular weight is 353 g/mol. The van der Waals surface area contributed by atoms with Crippen LogP contribution in [-0.4, -0.2) is 22.8 Å². The van der Waals surface area contributed by atoms with Crippen LogP contribution < -0.4 is 10.6 Å². The lowest BCUT2D eigenvalue weighted by atomic mass is 9.81. The Bertz CT molecular complexity index is 776. The van der Waals surface area contributed by atoms with Crippen molar-refractivity contribution in [2.75, 3.05) is 5.32 Å². The topological polar surface area (TPSA) is 71.1 Å². The Kier molecular flexibility index (Phi) is 5.86. The third-order valence-electron chi connectivity index (χ3n) is 5.36. The summed E-state index contributed by atoms with van der Waals surface area (Å²) in [6.45, 7) is 4.09. The summed E-state index contributed by atoms with van der Waals surface area (Å²) in [4.78, 5) is 29.3. The highest BCUT2D eigenvalue weighted by atomic mass is 16.2. The Balaban J connectivity index is 1.58. The standard InChI is InChI=1S/C21H27N3O2/c1-3-14(2)23-20(25)16-9-11-17(12-10-16)21(26)24-18-8-4-6-15-7-5-13-22-19(15)18/h4-8,13-14,16-17H,3,9-12H2,1-2H3,(H,23,25)(H,24,26). The number of carbonyl (C=O) groups excluding carboxylic acids is 2. The lowest BCUT2D eigenvalue weighted by molar-refractivity contribution is -0.129. The van der Waals surface area contributed by atoms with Crippen molar-refractivity contribution in [2.45, 2.75) is 52.0 Å². The lowest BCUT2D eigenvalue weighted by Crippen LogP contribution is -2.39. The summed E-state index contributed by atoms with van der Waals surface area (Å²) in [5, 5.41) is 7.10. The quantitative estimate of drug-likeness (QED) is 0.856. The van der Waals surface area contributed by atoms with E-state index in [9.17, 15) is 9.59 Å². The van der Waals surface area contributed by atoms with Crippen molar-refractivity contribution in [1.82, 2.24) is 10.3 Å². The minimum absolute atomic E-state index is 0.0314. The summed E-state index contributed by atoms with van der Waals surface area (Å²) in [6, 6.07) is 9.88. The van der Waals surface area contributed by atoms with Gasteiger partial charge in [0.25, 0.3) is 0 Å². The van der Waals surface area contributed by atoms with Gasteiger partial charge in [-0.25, -0.2) is 0 Å². The van der Waals surface area contributed by atoms with Gasteiger partial charge in [0.15, 0.2) is 0 Å². The molecule has 0 spiro atoms.